The van der Waals surface area contributed by atoms with E-state index in [1.807, 2.05) is 18.2 Å². The maximum atomic E-state index is 11.8. The molecule has 4 bridgehead atoms. The van der Waals surface area contributed by atoms with Gasteiger partial charge in [0.25, 0.3) is 0 Å². The van der Waals surface area contributed by atoms with Gasteiger partial charge in [-0.1, -0.05) is 36.5 Å². The first-order valence-electron chi connectivity index (χ1n) is 5.18. The van der Waals surface area contributed by atoms with Crippen molar-refractivity contribution in [3.63, 3.8) is 0 Å². The second-order valence-corrected chi connectivity index (χ2v) is 4.28. The van der Waals surface area contributed by atoms with Gasteiger partial charge >= 0.3 is 0 Å². The summed E-state index contributed by atoms with van der Waals surface area (Å²) in [5.74, 6) is 1.16. The van der Waals surface area contributed by atoms with Crippen LogP contribution in [0.4, 0.5) is 0 Å². The first-order chi connectivity index (χ1) is 6.84. The zero-order valence-electron chi connectivity index (χ0n) is 7.89. The molecule has 2 heteroatoms. The first kappa shape index (κ1) is 8.04. The van der Waals surface area contributed by atoms with Crippen molar-refractivity contribution in [3.8, 4) is 0 Å². The Kier molecular flexibility index (Phi) is 1.63. The number of fused-ring (bicyclic) bond motifs is 7. The van der Waals surface area contributed by atoms with Crippen LogP contribution in [0.2, 0.25) is 0 Å². The minimum absolute atomic E-state index is 0.0474. The summed E-state index contributed by atoms with van der Waals surface area (Å²) in [6, 6.07) is 0.207. The summed E-state index contributed by atoms with van der Waals surface area (Å²) >= 11 is 0. The lowest BCUT2D eigenvalue weighted by molar-refractivity contribution is -0.124. The molecule has 0 radical (unpaired) electrons. The van der Waals surface area contributed by atoms with Crippen molar-refractivity contribution in [2.24, 2.45) is 17.8 Å². The number of carbonyl (C=O) groups excluding carboxylic acids is 1. The third kappa shape index (κ3) is 1.07. The van der Waals surface area contributed by atoms with Gasteiger partial charge in [-0.3, -0.25) is 4.79 Å². The largest absolute Gasteiger partial charge is 0.349 e. The Morgan fingerprint density at radius 3 is 2.79 bits per heavy atom. The van der Waals surface area contributed by atoms with Gasteiger partial charge in [0.05, 0.1) is 12.0 Å². The van der Waals surface area contributed by atoms with E-state index in [2.05, 4.69) is 23.5 Å². The van der Waals surface area contributed by atoms with Crippen LogP contribution >= 0.6 is 0 Å². The number of hydrogen-bond acceptors (Lipinski definition) is 1. The molecule has 0 aromatic heterocycles. The van der Waals surface area contributed by atoms with Crippen molar-refractivity contribution < 1.29 is 4.79 Å². The van der Waals surface area contributed by atoms with Crippen LogP contribution in [-0.2, 0) is 4.79 Å². The SMILES string of the molecule is O=C1NC2/C=C\C=C/C1C1C=CC2C1. The van der Waals surface area contributed by atoms with Crippen LogP contribution in [0.25, 0.3) is 0 Å². The molecule has 0 aromatic carbocycles. The zero-order chi connectivity index (χ0) is 9.54. The quantitative estimate of drug-likeness (QED) is 0.571. The third-order valence-electron chi connectivity index (χ3n) is 3.43. The lowest BCUT2D eigenvalue weighted by Crippen LogP contribution is -2.39. The number of allylic oxidation sites excluding steroid dienone is 3. The molecule has 1 saturated heterocycles. The van der Waals surface area contributed by atoms with Crippen LogP contribution in [0.3, 0.4) is 0 Å². The Balaban J connectivity index is 2.09. The lowest BCUT2D eigenvalue weighted by atomic mass is 9.90. The Bertz CT molecular complexity index is 353. The smallest absolute Gasteiger partial charge is 0.228 e. The van der Waals surface area contributed by atoms with E-state index in [9.17, 15) is 4.79 Å². The van der Waals surface area contributed by atoms with Crippen molar-refractivity contribution in [2.75, 3.05) is 0 Å². The van der Waals surface area contributed by atoms with Crippen molar-refractivity contribution in [2.45, 2.75) is 12.5 Å². The van der Waals surface area contributed by atoms with Gasteiger partial charge in [-0.05, 0) is 12.3 Å². The summed E-state index contributed by atoms with van der Waals surface area (Å²) < 4.78 is 0. The van der Waals surface area contributed by atoms with Crippen molar-refractivity contribution >= 4 is 5.91 Å². The van der Waals surface area contributed by atoms with Crippen LogP contribution in [-0.4, -0.2) is 11.9 Å². The van der Waals surface area contributed by atoms with Gasteiger partial charge < -0.3 is 5.32 Å². The molecule has 0 saturated carbocycles. The van der Waals surface area contributed by atoms with E-state index < -0.39 is 0 Å². The maximum Gasteiger partial charge on any atom is 0.228 e. The molecule has 1 N–H and O–H groups in total. The fraction of sp³-hybridized carbons (Fsp3) is 0.417. The predicted octanol–water partition coefficient (Wildman–Crippen LogP) is 1.42. The van der Waals surface area contributed by atoms with Gasteiger partial charge in [0.15, 0.2) is 0 Å². The maximum absolute atomic E-state index is 11.8. The normalized spacial score (nSPS) is 47.9. The molecule has 72 valence electrons. The molecule has 2 aliphatic heterocycles. The monoisotopic (exact) mass is 187 g/mol. The second kappa shape index (κ2) is 2.84. The summed E-state index contributed by atoms with van der Waals surface area (Å²) in [6.45, 7) is 0. The Labute approximate surface area is 83.4 Å². The van der Waals surface area contributed by atoms with E-state index in [1.54, 1.807) is 0 Å². The molecule has 2 nitrogen and oxygen atoms in total. The molecule has 0 spiro atoms. The average Bonchev–Trinajstić information content (AvgIpc) is 2.58. The molecular formula is C12H13NO. The van der Waals surface area contributed by atoms with Gasteiger partial charge in [0, 0.05) is 5.92 Å². The molecule has 14 heavy (non-hydrogen) atoms. The minimum atomic E-state index is 0.0474. The molecule has 0 aromatic rings. The molecule has 3 aliphatic rings. The highest BCUT2D eigenvalue weighted by atomic mass is 16.2. The second-order valence-electron chi connectivity index (χ2n) is 4.28. The minimum Gasteiger partial charge on any atom is -0.349 e. The summed E-state index contributed by atoms with van der Waals surface area (Å²) in [5.41, 5.74) is 0. The third-order valence-corrected chi connectivity index (χ3v) is 3.43. The molecule has 2 heterocycles. The van der Waals surface area contributed by atoms with Crippen LogP contribution < -0.4 is 5.32 Å². The molecule has 4 atom stereocenters. The van der Waals surface area contributed by atoms with E-state index >= 15 is 0 Å². The summed E-state index contributed by atoms with van der Waals surface area (Å²) in [4.78, 5) is 11.8. The first-order valence-corrected chi connectivity index (χ1v) is 5.18. The van der Waals surface area contributed by atoms with E-state index in [4.69, 9.17) is 0 Å². The Hall–Kier alpha value is -1.31. The zero-order valence-corrected chi connectivity index (χ0v) is 7.89. The van der Waals surface area contributed by atoms with E-state index in [1.165, 1.54) is 0 Å². The standard InChI is InChI=1S/C12H13NO/c14-12-10-3-1-2-4-11(13-12)9-6-5-8(10)7-9/h1-6,8-11H,7H2,(H,13,14)/b3-1-,4-2-. The topological polar surface area (TPSA) is 29.1 Å². The van der Waals surface area contributed by atoms with E-state index in [0.717, 1.165) is 6.42 Å². The van der Waals surface area contributed by atoms with Crippen molar-refractivity contribution in [1.82, 2.24) is 5.32 Å². The highest BCUT2D eigenvalue weighted by Gasteiger charge is 2.37. The molecule has 1 fully saturated rings. The molecule has 4 unspecified atom stereocenters. The van der Waals surface area contributed by atoms with Crippen LogP contribution in [0.1, 0.15) is 6.42 Å². The van der Waals surface area contributed by atoms with Gasteiger partial charge in [0.1, 0.15) is 0 Å². The molecule has 1 amide bonds. The van der Waals surface area contributed by atoms with E-state index in [0.29, 0.717) is 11.8 Å². The van der Waals surface area contributed by atoms with Crippen molar-refractivity contribution in [1.29, 1.82) is 0 Å². The highest BCUT2D eigenvalue weighted by Crippen LogP contribution is 2.36. The summed E-state index contributed by atoms with van der Waals surface area (Å²) in [7, 11) is 0. The summed E-state index contributed by atoms with van der Waals surface area (Å²) in [5, 5.41) is 3.08. The number of hydrogen-bond donors (Lipinski definition) is 1. The average molecular weight is 187 g/mol. The fourth-order valence-electron chi connectivity index (χ4n) is 2.64. The Morgan fingerprint density at radius 2 is 1.86 bits per heavy atom. The lowest BCUT2D eigenvalue weighted by Gasteiger charge is -2.20. The number of amides is 1. The fourth-order valence-corrected chi connectivity index (χ4v) is 2.64. The van der Waals surface area contributed by atoms with Gasteiger partial charge in [-0.2, -0.15) is 0 Å². The highest BCUT2D eigenvalue weighted by molar-refractivity contribution is 5.82. The molecule has 1 aliphatic carbocycles. The molecular weight excluding hydrogens is 174 g/mol. The van der Waals surface area contributed by atoms with Crippen LogP contribution in [0, 0.1) is 17.8 Å². The van der Waals surface area contributed by atoms with Gasteiger partial charge in [-0.25, -0.2) is 0 Å². The number of carbonyl (C=O) groups is 1. The predicted molar refractivity (Wildman–Crippen MR) is 54.4 cm³/mol. The number of nitrogens with one attached hydrogen (secondary N) is 1. The van der Waals surface area contributed by atoms with Crippen molar-refractivity contribution in [3.05, 3.63) is 36.5 Å². The Morgan fingerprint density at radius 1 is 1.07 bits per heavy atom. The van der Waals surface area contributed by atoms with Crippen LogP contribution in [0.15, 0.2) is 36.5 Å². The van der Waals surface area contributed by atoms with Gasteiger partial charge in [0.2, 0.25) is 5.91 Å². The van der Waals surface area contributed by atoms with Gasteiger partial charge in [-0.15, -0.1) is 0 Å². The van der Waals surface area contributed by atoms with E-state index in [-0.39, 0.29) is 17.9 Å². The number of rotatable bonds is 0. The van der Waals surface area contributed by atoms with Crippen LogP contribution in [0.5, 0.6) is 0 Å². The molecule has 3 rings (SSSR count). The summed E-state index contributed by atoms with van der Waals surface area (Å²) in [6.07, 6.45) is 13.7.